The van der Waals surface area contributed by atoms with E-state index in [9.17, 15) is 62.6 Å². The molecule has 1 fully saturated rings. The van der Waals surface area contributed by atoms with E-state index in [-0.39, 0.29) is 86.5 Å². The Labute approximate surface area is 611 Å². The first-order chi connectivity index (χ1) is 49.2. The number of amides is 13. The number of nitrogens with two attached hydrogens (primary N) is 1. The second kappa shape index (κ2) is 42.8. The molecule has 12 atom stereocenters. The summed E-state index contributed by atoms with van der Waals surface area (Å²) in [6.07, 6.45) is 0.857. The van der Waals surface area contributed by atoms with E-state index in [1.165, 1.54) is 44.4 Å². The number of likely N-dealkylation sites (tertiary alicyclic amines) is 1. The van der Waals surface area contributed by atoms with E-state index in [0.29, 0.717) is 42.6 Å². The summed E-state index contributed by atoms with van der Waals surface area (Å²) < 4.78 is 17.8. The summed E-state index contributed by atoms with van der Waals surface area (Å²) in [5, 5.41) is 35.3. The second-order valence-corrected chi connectivity index (χ2v) is 27.3. The van der Waals surface area contributed by atoms with E-state index in [2.05, 4.69) is 61.0 Å². The Morgan fingerprint density at radius 1 is 0.673 bits per heavy atom. The number of methoxy groups -OCH3 is 2. The third-order valence-corrected chi connectivity index (χ3v) is 18.5. The van der Waals surface area contributed by atoms with Gasteiger partial charge in [0.05, 0.1) is 48.8 Å². The van der Waals surface area contributed by atoms with E-state index < -0.39 is 144 Å². The van der Waals surface area contributed by atoms with Gasteiger partial charge in [0.2, 0.25) is 53.2 Å². The Morgan fingerprint density at radius 3 is 1.83 bits per heavy atom. The highest BCUT2D eigenvalue weighted by molar-refractivity contribution is 6.04. The number of carbonyl (C=O) groups excluding carboxylic acids is 12. The number of benzene rings is 3. The monoisotopic (exact) mass is 1450 g/mol. The summed E-state index contributed by atoms with van der Waals surface area (Å²) in [6, 6.07) is 12.6. The number of aliphatic hydroxyl groups excluding tert-OH is 1. The normalized spacial score (nSPS) is 15.9. The Morgan fingerprint density at radius 2 is 1.28 bits per heavy atom. The first-order valence-corrected chi connectivity index (χ1v) is 35.4. The van der Waals surface area contributed by atoms with E-state index in [1.807, 2.05) is 32.0 Å². The van der Waals surface area contributed by atoms with Crippen LogP contribution in [0.15, 0.2) is 98.1 Å². The van der Waals surface area contributed by atoms with Crippen molar-refractivity contribution < 1.29 is 76.9 Å². The molecule has 1 heterocycles. The van der Waals surface area contributed by atoms with Gasteiger partial charge in [-0.2, -0.15) is 0 Å². The van der Waals surface area contributed by atoms with Crippen LogP contribution in [0.4, 0.5) is 26.7 Å². The van der Waals surface area contributed by atoms with E-state index in [0.717, 1.165) is 17.1 Å². The number of ether oxygens (including phenoxy) is 3. The van der Waals surface area contributed by atoms with Crippen LogP contribution in [0.2, 0.25) is 0 Å². The molecular weight excluding hydrogens is 1340 g/mol. The lowest BCUT2D eigenvalue weighted by atomic mass is 9.89. The summed E-state index contributed by atoms with van der Waals surface area (Å²) in [6.45, 7) is 25.0. The van der Waals surface area contributed by atoms with E-state index in [4.69, 9.17) is 19.9 Å². The van der Waals surface area contributed by atoms with Gasteiger partial charge in [0.1, 0.15) is 30.8 Å². The second-order valence-electron chi connectivity index (χ2n) is 27.3. The molecule has 12 N–H and O–H groups in total. The van der Waals surface area contributed by atoms with Gasteiger partial charge in [0, 0.05) is 77.0 Å². The Bertz CT molecular complexity index is 3390. The topological polar surface area (TPSA) is 397 Å². The van der Waals surface area contributed by atoms with Gasteiger partial charge in [-0.1, -0.05) is 124 Å². The van der Waals surface area contributed by atoms with Gasteiger partial charge in [-0.25, -0.2) is 9.59 Å². The summed E-state index contributed by atoms with van der Waals surface area (Å²) >= 11 is 0. The number of hydrogen-bond acceptors (Lipinski definition) is 16. The summed E-state index contributed by atoms with van der Waals surface area (Å²) in [5.74, 6) is -7.36. The fraction of sp³-hybridized carbons (Fsp3) is 0.547. The summed E-state index contributed by atoms with van der Waals surface area (Å²) in [5.41, 5.74) is 7.23. The predicted molar refractivity (Wildman–Crippen MR) is 395 cm³/mol. The average Bonchev–Trinajstić information content (AvgIpc) is 1.15. The standard InChI is InChI=1S/C75H111N13O16/c1-17-46(10)65(57(102-15)41-61(92)88-37-25-29-56(88)67(103-16)47(11)68(94)79-48(12)66(93)50-26-21-20-22-27-50)86(13)73(99)63(44(6)7)85-72(98)64(45(8)9)87(14)75(101)104-42-49-31-33-52(34-32-49)82-70(96)55(28-23-36-78-74(76)100)83-71(97)62(43(4)5)84-60(91)30-24-35-77-69(95)51-38-53(80-58(89)18-2)40-54(39-51)81-59(90)19-3/h18-22,26-27,31-34,38-40,43-48,55-57,62-67,93H,2-3,17,23-25,28-30,35-37,41-42H2,1,4-16H3,(H,77,95)(H,79,94)(H,80,89)(H,81,90)(H,82,96)(H,83,97)(H,84,91)(H,85,98)(H3,76,78,100)/t46-,47-,48-,55+,56+,57-,62+,63?,64+,65+,66-,67-/m1/s1. The number of aliphatic hydroxyl groups is 1. The van der Waals surface area contributed by atoms with Crippen LogP contribution in [0.25, 0.3) is 0 Å². The Balaban J connectivity index is 1.38. The average molecular weight is 1450 g/mol. The first-order valence-electron chi connectivity index (χ1n) is 35.4. The van der Waals surface area contributed by atoms with Gasteiger partial charge in [-0.3, -0.25) is 52.8 Å². The third-order valence-electron chi connectivity index (χ3n) is 18.5. The summed E-state index contributed by atoms with van der Waals surface area (Å²) in [4.78, 5) is 166. The number of nitrogens with zero attached hydrogens (tertiary/aromatic N) is 3. The molecule has 0 spiro atoms. The van der Waals surface area contributed by atoms with Crippen LogP contribution in [-0.2, 0) is 64.0 Å². The maximum absolute atomic E-state index is 14.8. The quantitative estimate of drug-likeness (QED) is 0.0227. The third kappa shape index (κ3) is 26.2. The Kier molecular flexibility index (Phi) is 35.6. The highest BCUT2D eigenvalue weighted by atomic mass is 16.6. The lowest BCUT2D eigenvalue weighted by Gasteiger charge is -2.41. The van der Waals surface area contributed by atoms with Gasteiger partial charge in [0.15, 0.2) is 0 Å². The minimum atomic E-state index is -1.17. The molecule has 0 bridgehead atoms. The molecule has 3 aromatic carbocycles. The molecule has 0 saturated carbocycles. The predicted octanol–water partition coefficient (Wildman–Crippen LogP) is 6.05. The van der Waals surface area contributed by atoms with Crippen molar-refractivity contribution in [1.82, 2.24) is 46.6 Å². The number of primary amides is 1. The lowest BCUT2D eigenvalue weighted by Crippen LogP contribution is -2.60. The van der Waals surface area contributed by atoms with Crippen molar-refractivity contribution in [3.8, 4) is 0 Å². The van der Waals surface area contributed by atoms with Crippen molar-refractivity contribution in [1.29, 1.82) is 0 Å². The molecule has 4 rings (SSSR count). The van der Waals surface area contributed by atoms with Gasteiger partial charge >= 0.3 is 12.1 Å². The van der Waals surface area contributed by atoms with Crippen LogP contribution < -0.4 is 53.6 Å². The molecular formula is C75H111N13O16. The molecule has 3 aromatic rings. The smallest absolute Gasteiger partial charge is 0.410 e. The number of rotatable bonds is 41. The molecule has 0 radical (unpaired) electrons. The fourth-order valence-electron chi connectivity index (χ4n) is 12.5. The lowest BCUT2D eigenvalue weighted by molar-refractivity contribution is -0.148. The van der Waals surface area contributed by atoms with Crippen molar-refractivity contribution >= 4 is 88.3 Å². The minimum absolute atomic E-state index is 0.0270. The highest BCUT2D eigenvalue weighted by Gasteiger charge is 2.44. The largest absolute Gasteiger partial charge is 0.445 e. The number of urea groups is 1. The number of nitrogens with one attached hydrogen (secondary N) is 9. The van der Waals surface area contributed by atoms with E-state index in [1.54, 1.807) is 104 Å². The van der Waals surface area contributed by atoms with Crippen molar-refractivity contribution in [2.24, 2.45) is 35.3 Å². The maximum atomic E-state index is 14.8. The molecule has 1 unspecified atom stereocenters. The first kappa shape index (κ1) is 86.7. The number of hydrogen-bond donors (Lipinski definition) is 11. The van der Waals surface area contributed by atoms with Crippen LogP contribution in [0.1, 0.15) is 148 Å². The van der Waals surface area contributed by atoms with Crippen molar-refractivity contribution in [3.05, 3.63) is 115 Å². The van der Waals surface area contributed by atoms with Gasteiger partial charge < -0.3 is 82.7 Å². The minimum Gasteiger partial charge on any atom is -0.445 e. The molecule has 13 amide bonds. The molecule has 29 heteroatoms. The molecule has 1 aliphatic heterocycles. The van der Waals surface area contributed by atoms with Crippen LogP contribution in [-0.4, -0.2) is 193 Å². The van der Waals surface area contributed by atoms with Gasteiger partial charge in [-0.15, -0.1) is 0 Å². The van der Waals surface area contributed by atoms with Crippen LogP contribution in [0.5, 0.6) is 0 Å². The molecule has 104 heavy (non-hydrogen) atoms. The van der Waals surface area contributed by atoms with Crippen LogP contribution in [0.3, 0.4) is 0 Å². The van der Waals surface area contributed by atoms with Crippen LogP contribution >= 0.6 is 0 Å². The molecule has 1 aliphatic rings. The fourth-order valence-corrected chi connectivity index (χ4v) is 12.5. The zero-order valence-corrected chi connectivity index (χ0v) is 62.6. The van der Waals surface area contributed by atoms with Crippen molar-refractivity contribution in [2.45, 2.75) is 188 Å². The zero-order valence-electron chi connectivity index (χ0n) is 62.6. The molecule has 0 aromatic heterocycles. The van der Waals surface area contributed by atoms with Crippen molar-refractivity contribution in [2.75, 3.05) is 63.9 Å². The molecule has 0 aliphatic carbocycles. The molecule has 572 valence electrons. The summed E-state index contributed by atoms with van der Waals surface area (Å²) in [7, 11) is 6.05. The van der Waals surface area contributed by atoms with Gasteiger partial charge in [0.25, 0.3) is 5.91 Å². The van der Waals surface area contributed by atoms with Crippen molar-refractivity contribution in [3.63, 3.8) is 0 Å². The van der Waals surface area contributed by atoms with Gasteiger partial charge in [-0.05, 0) is 116 Å². The van der Waals surface area contributed by atoms with Crippen LogP contribution in [0, 0.1) is 29.6 Å². The van der Waals surface area contributed by atoms with E-state index >= 15 is 0 Å². The Hall–Kier alpha value is -9.74. The zero-order chi connectivity index (χ0) is 77.7. The number of anilines is 3. The number of carbonyl (C=O) groups is 12. The maximum Gasteiger partial charge on any atom is 0.410 e. The molecule has 29 nitrogen and oxygen atoms in total. The molecule has 1 saturated heterocycles. The number of likely N-dealkylation sites (N-methyl/N-ethyl adjacent to an activating group) is 2. The SMILES string of the molecule is C=CC(=O)Nc1cc(NC(=O)C=C)cc(C(=O)NCCCC(=O)N[C@H](C(=O)N[C@@H](CCCNC(N)=O)C(=O)Nc2ccc(COC(=O)N(C)[C@H](C(=O)NC(C(=O)N(C)[C@@H]([C@H](C)CC)[C@@H](CC(=O)N3CCC[C@H]3[C@H](OC)[C@@H](C)C(=O)N[C@H](C)[C@@H](O)c3ccccc3)OC)C(C)C)C(C)C)cc2)C(C)C)c1. The highest BCUT2D eigenvalue weighted by Crippen LogP contribution is 2.31.